The van der Waals surface area contributed by atoms with Crippen molar-refractivity contribution in [1.29, 1.82) is 0 Å². The quantitative estimate of drug-likeness (QED) is 0.818. The minimum atomic E-state index is 0.0596. The van der Waals surface area contributed by atoms with Crippen molar-refractivity contribution in [3.63, 3.8) is 0 Å². The molecule has 124 valence electrons. The van der Waals surface area contributed by atoms with E-state index in [1.54, 1.807) is 11.3 Å². The van der Waals surface area contributed by atoms with Crippen molar-refractivity contribution in [2.45, 2.75) is 44.9 Å². The lowest BCUT2D eigenvalue weighted by Gasteiger charge is -2.17. The SMILES string of the molecule is Cc1ccccc1CC(CO)NCc1cnc(C2CCCO2)s1. The van der Waals surface area contributed by atoms with Gasteiger partial charge in [-0.15, -0.1) is 11.3 Å². The van der Waals surface area contributed by atoms with Crippen LogP contribution < -0.4 is 5.32 Å². The topological polar surface area (TPSA) is 54.4 Å². The van der Waals surface area contributed by atoms with Gasteiger partial charge in [0.15, 0.2) is 0 Å². The Hall–Kier alpha value is -1.27. The Balaban J connectivity index is 1.54. The highest BCUT2D eigenvalue weighted by atomic mass is 32.1. The number of nitrogens with one attached hydrogen (secondary N) is 1. The average molecular weight is 332 g/mol. The van der Waals surface area contributed by atoms with E-state index in [4.69, 9.17) is 4.74 Å². The number of thiazole rings is 1. The minimum Gasteiger partial charge on any atom is -0.395 e. The van der Waals surface area contributed by atoms with Gasteiger partial charge >= 0.3 is 0 Å². The summed E-state index contributed by atoms with van der Waals surface area (Å²) in [6.45, 7) is 3.83. The molecule has 0 aliphatic carbocycles. The second-order valence-electron chi connectivity index (χ2n) is 6.06. The van der Waals surface area contributed by atoms with Crippen LogP contribution in [-0.4, -0.2) is 29.3 Å². The molecule has 23 heavy (non-hydrogen) atoms. The molecule has 0 bridgehead atoms. The van der Waals surface area contributed by atoms with Gasteiger partial charge in [-0.2, -0.15) is 0 Å². The predicted molar refractivity (Wildman–Crippen MR) is 92.6 cm³/mol. The van der Waals surface area contributed by atoms with Crippen molar-refractivity contribution in [2.24, 2.45) is 0 Å². The third-order valence-electron chi connectivity index (χ3n) is 4.29. The normalized spacial score (nSPS) is 19.1. The van der Waals surface area contributed by atoms with Crippen LogP contribution >= 0.6 is 11.3 Å². The molecule has 2 N–H and O–H groups in total. The molecule has 0 spiro atoms. The molecule has 2 unspecified atom stereocenters. The van der Waals surface area contributed by atoms with Gasteiger partial charge < -0.3 is 15.2 Å². The van der Waals surface area contributed by atoms with E-state index in [1.807, 2.05) is 18.3 Å². The number of hydrogen-bond acceptors (Lipinski definition) is 5. The molecule has 1 saturated heterocycles. The highest BCUT2D eigenvalue weighted by Crippen LogP contribution is 2.31. The fourth-order valence-electron chi connectivity index (χ4n) is 2.88. The summed E-state index contributed by atoms with van der Waals surface area (Å²) in [5.74, 6) is 0. The Bertz CT molecular complexity index is 623. The van der Waals surface area contributed by atoms with Gasteiger partial charge in [0.05, 0.1) is 6.61 Å². The van der Waals surface area contributed by atoms with Gasteiger partial charge in [0.2, 0.25) is 0 Å². The molecule has 0 amide bonds. The lowest BCUT2D eigenvalue weighted by atomic mass is 10.0. The number of benzene rings is 1. The lowest BCUT2D eigenvalue weighted by molar-refractivity contribution is 0.111. The molecule has 2 atom stereocenters. The summed E-state index contributed by atoms with van der Waals surface area (Å²) >= 11 is 1.71. The maximum absolute atomic E-state index is 9.64. The van der Waals surface area contributed by atoms with Crippen LogP contribution in [0.3, 0.4) is 0 Å². The third kappa shape index (κ3) is 4.38. The summed E-state index contributed by atoms with van der Waals surface area (Å²) in [6, 6.07) is 8.39. The number of aromatic nitrogens is 1. The van der Waals surface area contributed by atoms with Crippen LogP contribution in [0.5, 0.6) is 0 Å². The van der Waals surface area contributed by atoms with Crippen molar-refractivity contribution in [3.8, 4) is 0 Å². The number of aliphatic hydroxyl groups excluding tert-OH is 1. The molecule has 2 aromatic rings. The standard InChI is InChI=1S/C18H24N2O2S/c1-13-5-2-3-6-14(13)9-15(12-21)19-10-16-11-20-18(23-16)17-7-4-8-22-17/h2-3,5-6,11,15,17,19,21H,4,7-10,12H2,1H3. The van der Waals surface area contributed by atoms with Crippen molar-refractivity contribution < 1.29 is 9.84 Å². The first-order valence-corrected chi connectivity index (χ1v) is 9.03. The fraction of sp³-hybridized carbons (Fsp3) is 0.500. The molecule has 4 nitrogen and oxygen atoms in total. The number of hydrogen-bond donors (Lipinski definition) is 2. The molecular formula is C18H24N2O2S. The van der Waals surface area contributed by atoms with Crippen LogP contribution in [0.2, 0.25) is 0 Å². The largest absolute Gasteiger partial charge is 0.395 e. The maximum atomic E-state index is 9.64. The van der Waals surface area contributed by atoms with E-state index in [1.165, 1.54) is 16.0 Å². The number of aliphatic hydroxyl groups is 1. The zero-order valence-corrected chi connectivity index (χ0v) is 14.3. The van der Waals surface area contributed by atoms with Gasteiger partial charge in [-0.25, -0.2) is 4.98 Å². The minimum absolute atomic E-state index is 0.0596. The molecule has 5 heteroatoms. The molecule has 1 aliphatic rings. The highest BCUT2D eigenvalue weighted by Gasteiger charge is 2.21. The van der Waals surface area contributed by atoms with Crippen LogP contribution in [0.15, 0.2) is 30.5 Å². The van der Waals surface area contributed by atoms with Gasteiger partial charge in [0, 0.05) is 30.3 Å². The maximum Gasteiger partial charge on any atom is 0.122 e. The van der Waals surface area contributed by atoms with Crippen molar-refractivity contribution in [2.75, 3.05) is 13.2 Å². The monoisotopic (exact) mass is 332 g/mol. The zero-order valence-electron chi connectivity index (χ0n) is 13.5. The van der Waals surface area contributed by atoms with Crippen LogP contribution in [0.4, 0.5) is 0 Å². The smallest absolute Gasteiger partial charge is 0.122 e. The van der Waals surface area contributed by atoms with Crippen molar-refractivity contribution in [1.82, 2.24) is 10.3 Å². The third-order valence-corrected chi connectivity index (χ3v) is 5.38. The predicted octanol–water partition coefficient (Wildman–Crippen LogP) is 3.00. The number of nitrogens with zero attached hydrogens (tertiary/aromatic N) is 1. The second kappa shape index (κ2) is 8.02. The number of aryl methyl sites for hydroxylation is 1. The first-order chi connectivity index (χ1) is 11.3. The Morgan fingerprint density at radius 1 is 1.43 bits per heavy atom. The molecule has 1 fully saturated rings. The first-order valence-electron chi connectivity index (χ1n) is 8.21. The molecular weight excluding hydrogens is 308 g/mol. The summed E-state index contributed by atoms with van der Waals surface area (Å²) in [4.78, 5) is 5.68. The van der Waals surface area contributed by atoms with Gasteiger partial charge in [-0.1, -0.05) is 24.3 Å². The Kier molecular flexibility index (Phi) is 5.78. The van der Waals surface area contributed by atoms with Crippen LogP contribution in [-0.2, 0) is 17.7 Å². The molecule has 2 heterocycles. The number of rotatable bonds is 7. The van der Waals surface area contributed by atoms with E-state index in [-0.39, 0.29) is 18.8 Å². The van der Waals surface area contributed by atoms with Gasteiger partial charge in [-0.05, 0) is 37.3 Å². The molecule has 1 aliphatic heterocycles. The summed E-state index contributed by atoms with van der Waals surface area (Å²) in [5.41, 5.74) is 2.55. The second-order valence-corrected chi connectivity index (χ2v) is 7.20. The van der Waals surface area contributed by atoms with E-state index in [0.29, 0.717) is 0 Å². The fourth-order valence-corrected chi connectivity index (χ4v) is 3.83. The zero-order chi connectivity index (χ0) is 16.1. The summed E-state index contributed by atoms with van der Waals surface area (Å²) in [6.07, 6.45) is 5.15. The van der Waals surface area contributed by atoms with E-state index in [9.17, 15) is 5.11 Å². The van der Waals surface area contributed by atoms with Gasteiger partial charge in [-0.3, -0.25) is 0 Å². The van der Waals surface area contributed by atoms with E-state index in [0.717, 1.165) is 37.4 Å². The van der Waals surface area contributed by atoms with Crippen LogP contribution in [0.1, 0.15) is 40.0 Å². The molecule has 0 radical (unpaired) electrons. The van der Waals surface area contributed by atoms with Crippen LogP contribution in [0.25, 0.3) is 0 Å². The summed E-state index contributed by atoms with van der Waals surface area (Å²) < 4.78 is 5.68. The van der Waals surface area contributed by atoms with Gasteiger partial charge in [0.1, 0.15) is 11.1 Å². The average Bonchev–Trinajstić information content (AvgIpc) is 3.24. The van der Waals surface area contributed by atoms with E-state index in [2.05, 4.69) is 29.4 Å². The Morgan fingerprint density at radius 3 is 3.04 bits per heavy atom. The molecule has 1 aromatic heterocycles. The number of ether oxygens (including phenoxy) is 1. The van der Waals surface area contributed by atoms with E-state index >= 15 is 0 Å². The first kappa shape index (κ1) is 16.6. The molecule has 1 aromatic carbocycles. The Labute approximate surface area is 141 Å². The van der Waals surface area contributed by atoms with Crippen LogP contribution in [0, 0.1) is 6.92 Å². The summed E-state index contributed by atoms with van der Waals surface area (Å²) in [7, 11) is 0. The molecule has 3 rings (SSSR count). The van der Waals surface area contributed by atoms with Crippen molar-refractivity contribution >= 4 is 11.3 Å². The summed E-state index contributed by atoms with van der Waals surface area (Å²) in [5, 5.41) is 14.2. The van der Waals surface area contributed by atoms with E-state index < -0.39 is 0 Å². The Morgan fingerprint density at radius 2 is 2.30 bits per heavy atom. The molecule has 0 saturated carbocycles. The van der Waals surface area contributed by atoms with Gasteiger partial charge in [0.25, 0.3) is 0 Å². The lowest BCUT2D eigenvalue weighted by Crippen LogP contribution is -2.34. The highest BCUT2D eigenvalue weighted by molar-refractivity contribution is 7.11. The van der Waals surface area contributed by atoms with Crippen molar-refractivity contribution in [3.05, 3.63) is 51.5 Å².